The molecular weight excluding hydrogens is 360 g/mol. The molecule has 0 saturated heterocycles. The first-order chi connectivity index (χ1) is 12.9. The van der Waals surface area contributed by atoms with Crippen LogP contribution in [0.3, 0.4) is 0 Å². The quantitative estimate of drug-likeness (QED) is 0.175. The summed E-state index contributed by atoms with van der Waals surface area (Å²) in [6, 6.07) is 0. The van der Waals surface area contributed by atoms with Crippen molar-refractivity contribution in [2.45, 2.75) is 141 Å². The van der Waals surface area contributed by atoms with Gasteiger partial charge in [-0.15, -0.1) is 0 Å². The zero-order valence-electron chi connectivity index (χ0n) is 18.0. The minimum atomic E-state index is -4.07. The van der Waals surface area contributed by atoms with Crippen LogP contribution in [0.1, 0.15) is 129 Å². The highest BCUT2D eigenvalue weighted by atomic mass is 32.2. The Bertz CT molecular complexity index is 409. The van der Waals surface area contributed by atoms with Gasteiger partial charge in [0.25, 0.3) is 10.1 Å². The van der Waals surface area contributed by atoms with E-state index in [1.807, 2.05) is 0 Å². The van der Waals surface area contributed by atoms with Gasteiger partial charge in [0.1, 0.15) is 0 Å². The van der Waals surface area contributed by atoms with Crippen molar-refractivity contribution in [1.29, 1.82) is 0 Å². The minimum absolute atomic E-state index is 0.172. The molecule has 164 valence electrons. The van der Waals surface area contributed by atoms with E-state index in [0.29, 0.717) is 12.8 Å². The number of aliphatic hydroxyl groups excluding tert-OH is 1. The molecule has 0 aliphatic heterocycles. The van der Waals surface area contributed by atoms with E-state index in [4.69, 9.17) is 0 Å². The number of unbranched alkanes of at least 4 members (excludes halogenated alkanes) is 13. The molecule has 0 radical (unpaired) electrons. The van der Waals surface area contributed by atoms with Crippen LogP contribution in [0.2, 0.25) is 0 Å². The van der Waals surface area contributed by atoms with Gasteiger partial charge in [0.05, 0.1) is 11.4 Å². The van der Waals surface area contributed by atoms with Crippen LogP contribution in [-0.4, -0.2) is 29.4 Å². The van der Waals surface area contributed by atoms with Gasteiger partial charge in [0.15, 0.2) is 0 Å². The molecule has 0 fully saturated rings. The molecule has 4 nitrogen and oxygen atoms in total. The van der Waals surface area contributed by atoms with E-state index >= 15 is 0 Å². The lowest BCUT2D eigenvalue weighted by Crippen LogP contribution is -2.26. The van der Waals surface area contributed by atoms with E-state index in [9.17, 15) is 18.1 Å². The summed E-state index contributed by atoms with van der Waals surface area (Å²) in [4.78, 5) is 0. The maximum Gasteiger partial charge on any atom is 0.267 e. The normalized spacial score (nSPS) is 14.4. The van der Waals surface area contributed by atoms with E-state index in [0.717, 1.165) is 32.1 Å². The van der Waals surface area contributed by atoms with Crippen molar-refractivity contribution in [2.24, 2.45) is 0 Å². The fourth-order valence-electron chi connectivity index (χ4n) is 3.65. The van der Waals surface area contributed by atoms with Gasteiger partial charge in [0, 0.05) is 0 Å². The number of rotatable bonds is 20. The van der Waals surface area contributed by atoms with Crippen LogP contribution in [0.25, 0.3) is 0 Å². The van der Waals surface area contributed by atoms with Crippen LogP contribution in [0.5, 0.6) is 0 Å². The summed E-state index contributed by atoms with van der Waals surface area (Å²) < 4.78 is 32.7. The second-order valence-corrected chi connectivity index (χ2v) is 9.90. The number of aliphatic hydroxyl groups is 1. The van der Waals surface area contributed by atoms with Crippen molar-refractivity contribution >= 4 is 10.1 Å². The fourth-order valence-corrected chi connectivity index (χ4v) is 4.58. The van der Waals surface area contributed by atoms with E-state index in [2.05, 4.69) is 13.8 Å². The second kappa shape index (κ2) is 17.9. The summed E-state index contributed by atoms with van der Waals surface area (Å²) in [5.41, 5.74) is 0. The van der Waals surface area contributed by atoms with Crippen LogP contribution >= 0.6 is 0 Å². The molecule has 0 saturated carbocycles. The highest BCUT2D eigenvalue weighted by Gasteiger charge is 2.25. The summed E-state index contributed by atoms with van der Waals surface area (Å²) in [7, 11) is -4.07. The van der Waals surface area contributed by atoms with E-state index < -0.39 is 21.5 Å². The lowest BCUT2D eigenvalue weighted by molar-refractivity contribution is 0.146. The van der Waals surface area contributed by atoms with Gasteiger partial charge >= 0.3 is 0 Å². The molecule has 0 rings (SSSR count). The molecule has 0 aliphatic rings. The van der Waals surface area contributed by atoms with Crippen LogP contribution in [0.15, 0.2) is 0 Å². The Morgan fingerprint density at radius 3 is 1.41 bits per heavy atom. The van der Waals surface area contributed by atoms with Crippen LogP contribution < -0.4 is 0 Å². The van der Waals surface area contributed by atoms with Gasteiger partial charge < -0.3 is 5.11 Å². The number of hydrogen-bond acceptors (Lipinski definition) is 3. The molecule has 5 heteroatoms. The highest BCUT2D eigenvalue weighted by molar-refractivity contribution is 7.86. The first kappa shape index (κ1) is 26.9. The van der Waals surface area contributed by atoms with Crippen LogP contribution in [0.4, 0.5) is 0 Å². The van der Waals surface area contributed by atoms with Crippen molar-refractivity contribution < 1.29 is 18.1 Å². The maximum absolute atomic E-state index is 11.6. The summed E-state index contributed by atoms with van der Waals surface area (Å²) in [5, 5.41) is 9.36. The summed E-state index contributed by atoms with van der Waals surface area (Å²) >= 11 is 0. The Labute approximate surface area is 169 Å². The van der Waals surface area contributed by atoms with Crippen molar-refractivity contribution in [3.63, 3.8) is 0 Å². The molecule has 0 aromatic heterocycles. The largest absolute Gasteiger partial charge is 0.393 e. The average molecular weight is 407 g/mol. The lowest BCUT2D eigenvalue weighted by atomic mass is 10.0. The standard InChI is InChI=1S/C22H46O4S/c1-3-5-7-9-11-13-15-17-19-22(27(24,25)26)20-21(23)18-16-14-12-10-8-6-4-2/h21-23H,3-20H2,1-2H3,(H,24,25,26). The zero-order valence-corrected chi connectivity index (χ0v) is 18.8. The predicted molar refractivity (Wildman–Crippen MR) is 116 cm³/mol. The van der Waals surface area contributed by atoms with Crippen molar-refractivity contribution in [1.82, 2.24) is 0 Å². The molecule has 0 aromatic rings. The smallest absolute Gasteiger partial charge is 0.267 e. The molecule has 2 atom stereocenters. The predicted octanol–water partition coefficient (Wildman–Crippen LogP) is 6.67. The Kier molecular flexibility index (Phi) is 17.8. The van der Waals surface area contributed by atoms with Crippen LogP contribution in [0, 0.1) is 0 Å². The first-order valence-electron chi connectivity index (χ1n) is 11.6. The van der Waals surface area contributed by atoms with E-state index in [1.54, 1.807) is 0 Å². The van der Waals surface area contributed by atoms with Gasteiger partial charge in [-0.25, -0.2) is 0 Å². The fraction of sp³-hybridized carbons (Fsp3) is 1.00. The molecule has 0 spiro atoms. The number of hydrogen-bond donors (Lipinski definition) is 2. The Hall–Kier alpha value is -0.130. The molecule has 0 heterocycles. The highest BCUT2D eigenvalue weighted by Crippen LogP contribution is 2.20. The molecule has 0 aromatic carbocycles. The Balaban J connectivity index is 3.89. The molecule has 0 bridgehead atoms. The topological polar surface area (TPSA) is 74.6 Å². The van der Waals surface area contributed by atoms with Gasteiger partial charge in [-0.1, -0.05) is 110 Å². The van der Waals surface area contributed by atoms with E-state index in [-0.39, 0.29) is 6.42 Å². The van der Waals surface area contributed by atoms with Gasteiger partial charge in [0.2, 0.25) is 0 Å². The molecule has 0 amide bonds. The van der Waals surface area contributed by atoms with Gasteiger partial charge in [-0.2, -0.15) is 8.42 Å². The molecule has 2 N–H and O–H groups in total. The Morgan fingerprint density at radius 2 is 1.00 bits per heavy atom. The lowest BCUT2D eigenvalue weighted by Gasteiger charge is -2.18. The van der Waals surface area contributed by atoms with Crippen molar-refractivity contribution in [2.75, 3.05) is 0 Å². The van der Waals surface area contributed by atoms with Crippen molar-refractivity contribution in [3.8, 4) is 0 Å². The third-order valence-electron chi connectivity index (χ3n) is 5.48. The van der Waals surface area contributed by atoms with Gasteiger partial charge in [-0.3, -0.25) is 4.55 Å². The minimum Gasteiger partial charge on any atom is -0.393 e. The summed E-state index contributed by atoms with van der Waals surface area (Å²) in [6.45, 7) is 4.41. The monoisotopic (exact) mass is 406 g/mol. The molecular formula is C22H46O4S. The third kappa shape index (κ3) is 17.7. The molecule has 0 aliphatic carbocycles. The van der Waals surface area contributed by atoms with Gasteiger partial charge in [-0.05, 0) is 19.3 Å². The maximum atomic E-state index is 11.6. The average Bonchev–Trinajstić information content (AvgIpc) is 2.61. The van der Waals surface area contributed by atoms with E-state index in [1.165, 1.54) is 64.2 Å². The molecule has 2 unspecified atom stereocenters. The summed E-state index contributed by atoms with van der Waals surface area (Å²) in [5.74, 6) is 0. The van der Waals surface area contributed by atoms with Crippen molar-refractivity contribution in [3.05, 3.63) is 0 Å². The SMILES string of the molecule is CCCCCCCCCCC(CC(O)CCCCCCCCC)S(=O)(=O)O. The Morgan fingerprint density at radius 1 is 0.630 bits per heavy atom. The summed E-state index contributed by atoms with van der Waals surface area (Å²) in [6.07, 6.45) is 18.1. The third-order valence-corrected chi connectivity index (χ3v) is 6.75. The molecule has 27 heavy (non-hydrogen) atoms. The second-order valence-electron chi connectivity index (χ2n) is 8.20. The van der Waals surface area contributed by atoms with Crippen LogP contribution in [-0.2, 0) is 10.1 Å². The zero-order chi connectivity index (χ0) is 20.4. The first-order valence-corrected chi connectivity index (χ1v) is 13.1.